The Morgan fingerprint density at radius 1 is 1.73 bits per heavy atom. The highest BCUT2D eigenvalue weighted by Gasteiger charge is 2.43. The topological polar surface area (TPSA) is 38.7 Å². The molecular formula is C8H8O3. The zero-order valence-corrected chi connectivity index (χ0v) is 5.86. The van der Waals surface area contributed by atoms with E-state index in [9.17, 15) is 5.11 Å². The van der Waals surface area contributed by atoms with Gasteiger partial charge in [0.2, 0.25) is 6.29 Å². The molecule has 2 heterocycles. The average Bonchev–Trinajstić information content (AvgIpc) is 2.44. The molecule has 3 atom stereocenters. The van der Waals surface area contributed by atoms with Crippen LogP contribution in [0.1, 0.15) is 0 Å². The van der Waals surface area contributed by atoms with Gasteiger partial charge in [-0.3, -0.25) is 0 Å². The standard InChI is InChI=1S/C8H8O3/c1-2-8(9)4-3-6-5-10-7(8)11-6/h1,3-4,6-7,9H,5H2/t6-,7-,8+/m1/s1. The molecule has 58 valence electrons. The summed E-state index contributed by atoms with van der Waals surface area (Å²) in [6, 6.07) is 0. The summed E-state index contributed by atoms with van der Waals surface area (Å²) in [5.74, 6) is 2.23. The van der Waals surface area contributed by atoms with Gasteiger partial charge >= 0.3 is 0 Å². The molecule has 1 saturated heterocycles. The highest BCUT2D eigenvalue weighted by molar-refractivity contribution is 5.25. The summed E-state index contributed by atoms with van der Waals surface area (Å²) in [6.07, 6.45) is 7.68. The van der Waals surface area contributed by atoms with E-state index >= 15 is 0 Å². The second-order valence-electron chi connectivity index (χ2n) is 2.67. The zero-order chi connectivity index (χ0) is 7.90. The first kappa shape index (κ1) is 6.86. The number of aliphatic hydroxyl groups is 1. The van der Waals surface area contributed by atoms with Crippen LogP contribution in [0, 0.1) is 12.3 Å². The van der Waals surface area contributed by atoms with Gasteiger partial charge < -0.3 is 14.6 Å². The van der Waals surface area contributed by atoms with E-state index in [1.165, 1.54) is 0 Å². The smallest absolute Gasteiger partial charge is 0.202 e. The maximum absolute atomic E-state index is 9.59. The van der Waals surface area contributed by atoms with Gasteiger partial charge in [-0.15, -0.1) is 6.42 Å². The average molecular weight is 152 g/mol. The lowest BCUT2D eigenvalue weighted by molar-refractivity contribution is -0.144. The van der Waals surface area contributed by atoms with E-state index in [1.54, 1.807) is 12.2 Å². The van der Waals surface area contributed by atoms with Crippen molar-refractivity contribution in [2.75, 3.05) is 6.61 Å². The van der Waals surface area contributed by atoms with Gasteiger partial charge in [0.25, 0.3) is 0 Å². The van der Waals surface area contributed by atoms with E-state index in [1.807, 2.05) is 0 Å². The molecule has 2 aliphatic heterocycles. The molecule has 0 radical (unpaired) electrons. The molecule has 2 aliphatic rings. The van der Waals surface area contributed by atoms with Gasteiger partial charge in [0.1, 0.15) is 6.10 Å². The minimum Gasteiger partial charge on any atom is -0.370 e. The van der Waals surface area contributed by atoms with E-state index in [2.05, 4.69) is 5.92 Å². The van der Waals surface area contributed by atoms with Crippen LogP contribution in [-0.4, -0.2) is 29.7 Å². The van der Waals surface area contributed by atoms with Crippen LogP contribution >= 0.6 is 0 Å². The van der Waals surface area contributed by atoms with Crippen molar-refractivity contribution in [2.24, 2.45) is 0 Å². The SMILES string of the molecule is C#C[C@]1(O)C=C[C@@H]2CO[C@@H]1O2. The molecule has 0 aromatic carbocycles. The first-order valence-corrected chi connectivity index (χ1v) is 3.41. The molecule has 0 unspecified atom stereocenters. The van der Waals surface area contributed by atoms with Crippen LogP contribution in [0.4, 0.5) is 0 Å². The highest BCUT2D eigenvalue weighted by Crippen LogP contribution is 2.28. The Hall–Kier alpha value is -0.820. The van der Waals surface area contributed by atoms with Gasteiger partial charge in [0.15, 0.2) is 5.60 Å². The molecule has 1 N–H and O–H groups in total. The Morgan fingerprint density at radius 3 is 3.27 bits per heavy atom. The van der Waals surface area contributed by atoms with Gasteiger partial charge in [-0.25, -0.2) is 0 Å². The minimum atomic E-state index is -1.37. The van der Waals surface area contributed by atoms with Crippen molar-refractivity contribution in [3.63, 3.8) is 0 Å². The molecule has 0 aromatic rings. The molecule has 0 amide bonds. The summed E-state index contributed by atoms with van der Waals surface area (Å²) in [7, 11) is 0. The fourth-order valence-corrected chi connectivity index (χ4v) is 1.20. The minimum absolute atomic E-state index is 0.0337. The van der Waals surface area contributed by atoms with E-state index in [-0.39, 0.29) is 6.10 Å². The predicted octanol–water partition coefficient (Wildman–Crippen LogP) is -0.338. The molecule has 2 rings (SSSR count). The third-order valence-electron chi connectivity index (χ3n) is 1.87. The lowest BCUT2D eigenvalue weighted by Crippen LogP contribution is -2.42. The summed E-state index contributed by atoms with van der Waals surface area (Å²) in [6.45, 7) is 0.477. The summed E-state index contributed by atoms with van der Waals surface area (Å²) in [4.78, 5) is 0. The Kier molecular flexibility index (Phi) is 1.30. The lowest BCUT2D eigenvalue weighted by Gasteiger charge is -2.26. The van der Waals surface area contributed by atoms with Crippen LogP contribution in [0.25, 0.3) is 0 Å². The molecule has 0 aliphatic carbocycles. The van der Waals surface area contributed by atoms with Gasteiger partial charge in [-0.2, -0.15) is 0 Å². The fraction of sp³-hybridized carbons (Fsp3) is 0.500. The van der Waals surface area contributed by atoms with E-state index in [0.29, 0.717) is 6.61 Å². The first-order valence-electron chi connectivity index (χ1n) is 3.41. The normalized spacial score (nSPS) is 47.3. The molecule has 3 nitrogen and oxygen atoms in total. The maximum Gasteiger partial charge on any atom is 0.202 e. The van der Waals surface area contributed by atoms with Crippen LogP contribution in [0.3, 0.4) is 0 Å². The Labute approximate surface area is 64.6 Å². The van der Waals surface area contributed by atoms with Gasteiger partial charge in [0, 0.05) is 0 Å². The van der Waals surface area contributed by atoms with Crippen molar-refractivity contribution in [3.8, 4) is 12.3 Å². The summed E-state index contributed by atoms with van der Waals surface area (Å²) >= 11 is 0. The van der Waals surface area contributed by atoms with Crippen LogP contribution < -0.4 is 0 Å². The van der Waals surface area contributed by atoms with Crippen molar-refractivity contribution >= 4 is 0 Å². The molecule has 0 saturated carbocycles. The van der Waals surface area contributed by atoms with Crippen molar-refractivity contribution in [1.29, 1.82) is 0 Å². The highest BCUT2D eigenvalue weighted by atomic mass is 16.7. The molecule has 0 aromatic heterocycles. The largest absolute Gasteiger partial charge is 0.370 e. The van der Waals surface area contributed by atoms with Crippen LogP contribution in [0.5, 0.6) is 0 Å². The van der Waals surface area contributed by atoms with Crippen molar-refractivity contribution in [1.82, 2.24) is 0 Å². The quantitative estimate of drug-likeness (QED) is 0.381. The van der Waals surface area contributed by atoms with E-state index < -0.39 is 11.9 Å². The van der Waals surface area contributed by atoms with Crippen molar-refractivity contribution < 1.29 is 14.6 Å². The molecule has 0 spiro atoms. The number of terminal acetylenes is 1. The number of hydrogen-bond acceptors (Lipinski definition) is 3. The van der Waals surface area contributed by atoms with Crippen LogP contribution in [-0.2, 0) is 9.47 Å². The lowest BCUT2D eigenvalue weighted by atomic mass is 10.0. The number of fused-ring (bicyclic) bond motifs is 2. The van der Waals surface area contributed by atoms with Gasteiger partial charge in [-0.1, -0.05) is 12.0 Å². The maximum atomic E-state index is 9.59. The molecule has 1 fully saturated rings. The van der Waals surface area contributed by atoms with Crippen LogP contribution in [0.15, 0.2) is 12.2 Å². The fourth-order valence-electron chi connectivity index (χ4n) is 1.20. The summed E-state index contributed by atoms with van der Waals surface area (Å²) in [5, 5.41) is 9.59. The van der Waals surface area contributed by atoms with Gasteiger partial charge in [0.05, 0.1) is 6.61 Å². The predicted molar refractivity (Wildman–Crippen MR) is 37.5 cm³/mol. The summed E-state index contributed by atoms with van der Waals surface area (Å²) in [5.41, 5.74) is -1.37. The Morgan fingerprint density at radius 2 is 2.55 bits per heavy atom. The van der Waals surface area contributed by atoms with Crippen LogP contribution in [0.2, 0.25) is 0 Å². The second kappa shape index (κ2) is 2.08. The molecule has 2 bridgehead atoms. The molecule has 11 heavy (non-hydrogen) atoms. The number of hydrogen-bond donors (Lipinski definition) is 1. The number of rotatable bonds is 0. The third kappa shape index (κ3) is 0.881. The third-order valence-corrected chi connectivity index (χ3v) is 1.87. The second-order valence-corrected chi connectivity index (χ2v) is 2.67. The number of ether oxygens (including phenoxy) is 2. The molecular weight excluding hydrogens is 144 g/mol. The zero-order valence-electron chi connectivity index (χ0n) is 5.86. The first-order chi connectivity index (χ1) is 5.24. The Bertz CT molecular complexity index is 240. The van der Waals surface area contributed by atoms with Gasteiger partial charge in [-0.05, 0) is 6.08 Å². The van der Waals surface area contributed by atoms with Crippen molar-refractivity contribution in [3.05, 3.63) is 12.2 Å². The molecule has 3 heteroatoms. The van der Waals surface area contributed by atoms with E-state index in [4.69, 9.17) is 15.9 Å². The van der Waals surface area contributed by atoms with Crippen molar-refractivity contribution in [2.45, 2.75) is 18.0 Å². The monoisotopic (exact) mass is 152 g/mol. The van der Waals surface area contributed by atoms with E-state index in [0.717, 1.165) is 0 Å². The Balaban J connectivity index is 2.33. The summed E-state index contributed by atoms with van der Waals surface area (Å²) < 4.78 is 10.3.